The van der Waals surface area contributed by atoms with E-state index in [4.69, 9.17) is 4.74 Å². The molecular formula is C19H12IN3O4S. The number of thiazole rings is 1. The van der Waals surface area contributed by atoms with Crippen LogP contribution >= 0.6 is 33.9 Å². The predicted octanol–water partition coefficient (Wildman–Crippen LogP) is 4.58. The van der Waals surface area contributed by atoms with Crippen molar-refractivity contribution in [3.63, 3.8) is 0 Å². The van der Waals surface area contributed by atoms with Crippen molar-refractivity contribution in [3.05, 3.63) is 72.6 Å². The highest BCUT2D eigenvalue weighted by atomic mass is 127. The second kappa shape index (κ2) is 8.90. The predicted molar refractivity (Wildman–Crippen MR) is 112 cm³/mol. The molecule has 1 aromatic heterocycles. The van der Waals surface area contributed by atoms with E-state index in [9.17, 15) is 20.2 Å². The number of nitro groups is 1. The zero-order valence-corrected chi connectivity index (χ0v) is 17.2. The molecule has 0 N–H and O–H groups in total. The van der Waals surface area contributed by atoms with Crippen molar-refractivity contribution in [2.24, 2.45) is 0 Å². The van der Waals surface area contributed by atoms with Crippen molar-refractivity contribution in [1.82, 2.24) is 4.98 Å². The second-order valence-electron chi connectivity index (χ2n) is 5.65. The van der Waals surface area contributed by atoms with Crippen LogP contribution in [-0.2, 0) is 4.79 Å². The number of halogens is 1. The van der Waals surface area contributed by atoms with E-state index >= 15 is 0 Å². The highest BCUT2D eigenvalue weighted by Gasteiger charge is 2.24. The zero-order valence-electron chi connectivity index (χ0n) is 14.2. The van der Waals surface area contributed by atoms with Crippen LogP contribution in [0, 0.1) is 25.0 Å². The lowest BCUT2D eigenvalue weighted by Gasteiger charge is -2.08. The number of benzene rings is 2. The van der Waals surface area contributed by atoms with Gasteiger partial charge in [0.2, 0.25) is 0 Å². The molecule has 0 spiro atoms. The molecule has 0 amide bonds. The van der Waals surface area contributed by atoms with Gasteiger partial charge in [-0.15, -0.1) is 11.3 Å². The fourth-order valence-electron chi connectivity index (χ4n) is 2.37. The van der Waals surface area contributed by atoms with E-state index in [2.05, 4.69) is 27.6 Å². The second-order valence-corrected chi connectivity index (χ2v) is 7.78. The normalized spacial score (nSPS) is 11.4. The Kier molecular flexibility index (Phi) is 6.33. The van der Waals surface area contributed by atoms with Gasteiger partial charge < -0.3 is 4.74 Å². The van der Waals surface area contributed by atoms with Gasteiger partial charge in [0.25, 0.3) is 5.69 Å². The molecule has 1 heterocycles. The minimum atomic E-state index is -1.05. The quantitative estimate of drug-likeness (QED) is 0.265. The summed E-state index contributed by atoms with van der Waals surface area (Å²) < 4.78 is 6.50. The number of carbonyl (C=O) groups excluding carboxylic acids is 1. The van der Waals surface area contributed by atoms with Gasteiger partial charge in [0.15, 0.2) is 11.7 Å². The minimum absolute atomic E-state index is 0.0501. The first-order chi connectivity index (χ1) is 13.5. The maximum atomic E-state index is 12.4. The summed E-state index contributed by atoms with van der Waals surface area (Å²) in [6.45, 7) is -0.245. The monoisotopic (exact) mass is 505 g/mol. The van der Waals surface area contributed by atoms with Crippen LogP contribution in [0.2, 0.25) is 0 Å². The summed E-state index contributed by atoms with van der Waals surface area (Å²) in [7, 11) is 0. The van der Waals surface area contributed by atoms with Gasteiger partial charge in [-0.3, -0.25) is 14.9 Å². The zero-order chi connectivity index (χ0) is 20.1. The van der Waals surface area contributed by atoms with Crippen LogP contribution in [0.15, 0.2) is 53.9 Å². The summed E-state index contributed by atoms with van der Waals surface area (Å²) in [6, 6.07) is 15.2. The molecule has 2 aromatic carbocycles. The highest BCUT2D eigenvalue weighted by molar-refractivity contribution is 14.1. The van der Waals surface area contributed by atoms with Gasteiger partial charge in [0.05, 0.1) is 16.7 Å². The van der Waals surface area contributed by atoms with Gasteiger partial charge in [0, 0.05) is 26.6 Å². The molecule has 1 atom stereocenters. The van der Waals surface area contributed by atoms with Crippen molar-refractivity contribution in [2.75, 3.05) is 6.61 Å². The number of hydrogen-bond acceptors (Lipinski definition) is 7. The lowest BCUT2D eigenvalue weighted by Crippen LogP contribution is -2.19. The Hall–Kier alpha value is -2.84. The molecular weight excluding hydrogens is 493 g/mol. The van der Waals surface area contributed by atoms with Gasteiger partial charge in [-0.1, -0.05) is 12.1 Å². The smallest absolute Gasteiger partial charge is 0.270 e. The van der Waals surface area contributed by atoms with Gasteiger partial charge in [-0.2, -0.15) is 5.26 Å². The number of rotatable bonds is 7. The number of nitriles is 1. The number of nitrogens with zero attached hydrogens (tertiary/aromatic N) is 3. The lowest BCUT2D eigenvalue weighted by molar-refractivity contribution is -0.384. The summed E-state index contributed by atoms with van der Waals surface area (Å²) >= 11 is 3.33. The Balaban J connectivity index is 1.73. The third-order valence-electron chi connectivity index (χ3n) is 3.77. The first-order valence-corrected chi connectivity index (χ1v) is 9.94. The summed E-state index contributed by atoms with van der Waals surface area (Å²) in [5.74, 6) is -0.913. The average molecular weight is 505 g/mol. The molecule has 9 heteroatoms. The Morgan fingerprint density at radius 2 is 2.07 bits per heavy atom. The maximum absolute atomic E-state index is 12.4. The molecule has 1 unspecified atom stereocenters. The Bertz CT molecular complexity index is 1060. The topological polar surface area (TPSA) is 106 Å². The van der Waals surface area contributed by atoms with Crippen molar-refractivity contribution < 1.29 is 14.5 Å². The van der Waals surface area contributed by atoms with E-state index in [-0.39, 0.29) is 12.3 Å². The molecule has 0 radical (unpaired) electrons. The Morgan fingerprint density at radius 1 is 1.32 bits per heavy atom. The molecule has 0 saturated heterocycles. The van der Waals surface area contributed by atoms with Crippen molar-refractivity contribution in [1.29, 1.82) is 5.26 Å². The third kappa shape index (κ3) is 4.71. The molecule has 0 aliphatic rings. The number of nitro benzene ring substituents is 1. The number of ether oxygens (including phenoxy) is 1. The van der Waals surface area contributed by atoms with E-state index in [1.54, 1.807) is 29.6 Å². The SMILES string of the molecule is N#CC(C(=O)COc1ccc(I)cc1)c1nc(-c2cccc([N+](=O)[O-])c2)cs1. The number of ketones is 1. The molecule has 7 nitrogen and oxygen atoms in total. The van der Waals surface area contributed by atoms with Crippen LogP contribution in [-0.4, -0.2) is 22.3 Å². The van der Waals surface area contributed by atoms with Crippen LogP contribution < -0.4 is 4.74 Å². The standard InChI is InChI=1S/C19H12IN3O4S/c20-13-4-6-15(7-5-13)27-10-18(24)16(9-21)19-22-17(11-28-19)12-2-1-3-14(8-12)23(25)26/h1-8,11,16H,10H2. The summed E-state index contributed by atoms with van der Waals surface area (Å²) in [6.07, 6.45) is 0. The number of hydrogen-bond donors (Lipinski definition) is 0. The highest BCUT2D eigenvalue weighted by Crippen LogP contribution is 2.29. The van der Waals surface area contributed by atoms with E-state index in [1.807, 2.05) is 18.2 Å². The minimum Gasteiger partial charge on any atom is -0.486 e. The fourth-order valence-corrected chi connectivity index (χ4v) is 3.62. The lowest BCUT2D eigenvalue weighted by atomic mass is 10.1. The Labute approximate surface area is 177 Å². The van der Waals surface area contributed by atoms with E-state index < -0.39 is 16.6 Å². The van der Waals surface area contributed by atoms with Gasteiger partial charge >= 0.3 is 0 Å². The molecule has 0 aliphatic heterocycles. The van der Waals surface area contributed by atoms with E-state index in [0.717, 1.165) is 14.9 Å². The summed E-state index contributed by atoms with van der Waals surface area (Å²) in [5, 5.41) is 22.4. The van der Waals surface area contributed by atoms with Crippen molar-refractivity contribution in [2.45, 2.75) is 5.92 Å². The molecule has 0 bridgehead atoms. The molecule has 0 aliphatic carbocycles. The van der Waals surface area contributed by atoms with Crippen LogP contribution in [0.25, 0.3) is 11.3 Å². The van der Waals surface area contributed by atoms with Crippen LogP contribution in [0.4, 0.5) is 5.69 Å². The first kappa shape index (κ1) is 19.9. The maximum Gasteiger partial charge on any atom is 0.270 e. The van der Waals surface area contributed by atoms with Crippen molar-refractivity contribution >= 4 is 45.4 Å². The van der Waals surface area contributed by atoms with Crippen LogP contribution in [0.5, 0.6) is 5.75 Å². The molecule has 140 valence electrons. The summed E-state index contributed by atoms with van der Waals surface area (Å²) in [4.78, 5) is 27.2. The van der Waals surface area contributed by atoms with E-state index in [1.165, 1.54) is 12.1 Å². The van der Waals surface area contributed by atoms with E-state index in [0.29, 0.717) is 22.0 Å². The summed E-state index contributed by atoms with van der Waals surface area (Å²) in [5.41, 5.74) is 0.983. The number of aromatic nitrogens is 1. The molecule has 3 rings (SSSR count). The molecule has 28 heavy (non-hydrogen) atoms. The third-order valence-corrected chi connectivity index (χ3v) is 5.40. The van der Waals surface area contributed by atoms with Gasteiger partial charge in [-0.05, 0) is 46.9 Å². The van der Waals surface area contributed by atoms with Gasteiger partial charge in [-0.25, -0.2) is 4.98 Å². The largest absolute Gasteiger partial charge is 0.486 e. The first-order valence-electron chi connectivity index (χ1n) is 7.99. The Morgan fingerprint density at radius 3 is 2.75 bits per heavy atom. The molecule has 0 saturated carbocycles. The van der Waals surface area contributed by atoms with Crippen LogP contribution in [0.1, 0.15) is 10.9 Å². The van der Waals surface area contributed by atoms with Crippen LogP contribution in [0.3, 0.4) is 0 Å². The number of Topliss-reactive ketones (excluding diaryl/α,β-unsaturated/α-hetero) is 1. The van der Waals surface area contributed by atoms with Crippen molar-refractivity contribution in [3.8, 4) is 23.1 Å². The molecule has 0 fully saturated rings. The average Bonchev–Trinajstić information content (AvgIpc) is 3.18. The number of carbonyl (C=O) groups is 1. The number of non-ortho nitro benzene ring substituents is 1. The molecule has 3 aromatic rings. The van der Waals surface area contributed by atoms with Gasteiger partial charge in [0.1, 0.15) is 17.4 Å². The fraction of sp³-hybridized carbons (Fsp3) is 0.105.